The van der Waals surface area contributed by atoms with E-state index in [2.05, 4.69) is 56.8 Å². The minimum Gasteiger partial charge on any atom is -0.386 e. The van der Waals surface area contributed by atoms with Crippen molar-refractivity contribution in [2.45, 2.75) is 117 Å². The Bertz CT molecular complexity index is 791. The number of fused-ring (bicyclic) bond motifs is 5. The van der Waals surface area contributed by atoms with Gasteiger partial charge in [-0.15, -0.1) is 0 Å². The highest BCUT2D eigenvalue weighted by molar-refractivity contribution is 8.76. The third-order valence-corrected chi connectivity index (χ3v) is 14.2. The maximum absolute atomic E-state index is 5.86. The standard InChI is InChI=1S/C32H56N2S2/c1-7-30(33)34-19-20-35-36-25-15-17-31(5)24(21-25)11-12-26-28-14-13-27(23(4)10-8-9-22(2)3)32(28,6)18-16-29(26)31/h7,11,22-23,25-29,34H,8-10,12-21,33H2,1-6H3/b30-7+. The molecule has 36 heavy (non-hydrogen) atoms. The number of rotatable bonds is 11. The minimum absolute atomic E-state index is 0.481. The largest absolute Gasteiger partial charge is 0.386 e. The zero-order valence-corrected chi connectivity index (χ0v) is 25.9. The van der Waals surface area contributed by atoms with E-state index in [1.807, 2.05) is 29.4 Å². The molecule has 4 heteroatoms. The molecule has 0 aliphatic heterocycles. The molecule has 3 saturated carbocycles. The highest BCUT2D eigenvalue weighted by atomic mass is 33.1. The molecule has 0 aromatic rings. The van der Waals surface area contributed by atoms with Gasteiger partial charge in [0, 0.05) is 17.5 Å². The fourth-order valence-electron chi connectivity index (χ4n) is 9.22. The first-order chi connectivity index (χ1) is 17.2. The average molecular weight is 533 g/mol. The van der Waals surface area contributed by atoms with Gasteiger partial charge in [-0.25, -0.2) is 0 Å². The summed E-state index contributed by atoms with van der Waals surface area (Å²) in [5.74, 6) is 7.52. The number of hydrogen-bond acceptors (Lipinski definition) is 4. The monoisotopic (exact) mass is 532 g/mol. The predicted octanol–water partition coefficient (Wildman–Crippen LogP) is 9.19. The predicted molar refractivity (Wildman–Crippen MR) is 163 cm³/mol. The summed E-state index contributed by atoms with van der Waals surface area (Å²) >= 11 is 0. The van der Waals surface area contributed by atoms with Crippen LogP contribution in [0.25, 0.3) is 0 Å². The molecule has 0 amide bonds. The van der Waals surface area contributed by atoms with Gasteiger partial charge >= 0.3 is 0 Å². The van der Waals surface area contributed by atoms with E-state index in [9.17, 15) is 0 Å². The maximum Gasteiger partial charge on any atom is 0.0916 e. The van der Waals surface area contributed by atoms with Crippen LogP contribution in [-0.2, 0) is 0 Å². The van der Waals surface area contributed by atoms with Gasteiger partial charge in [-0.3, -0.25) is 0 Å². The second-order valence-electron chi connectivity index (χ2n) is 13.7. The third-order valence-electron chi connectivity index (χ3n) is 11.3. The van der Waals surface area contributed by atoms with Gasteiger partial charge < -0.3 is 11.1 Å². The molecule has 0 saturated heterocycles. The summed E-state index contributed by atoms with van der Waals surface area (Å²) in [6.45, 7) is 15.7. The van der Waals surface area contributed by atoms with Crippen LogP contribution in [0.2, 0.25) is 0 Å². The Morgan fingerprint density at radius 3 is 2.67 bits per heavy atom. The Morgan fingerprint density at radius 1 is 1.11 bits per heavy atom. The van der Waals surface area contributed by atoms with Gasteiger partial charge in [0.1, 0.15) is 0 Å². The molecule has 0 aromatic heterocycles. The molecule has 2 nitrogen and oxygen atoms in total. The lowest BCUT2D eigenvalue weighted by atomic mass is 9.47. The van der Waals surface area contributed by atoms with Crippen molar-refractivity contribution in [3.8, 4) is 0 Å². The van der Waals surface area contributed by atoms with Crippen molar-refractivity contribution in [3.05, 3.63) is 23.5 Å². The topological polar surface area (TPSA) is 38.0 Å². The summed E-state index contributed by atoms with van der Waals surface area (Å²) in [6, 6.07) is 0. The molecule has 0 heterocycles. The lowest BCUT2D eigenvalue weighted by Crippen LogP contribution is -2.50. The summed E-state index contributed by atoms with van der Waals surface area (Å²) in [5, 5.41) is 4.08. The van der Waals surface area contributed by atoms with Gasteiger partial charge in [0.2, 0.25) is 0 Å². The van der Waals surface area contributed by atoms with Gasteiger partial charge in [-0.1, -0.05) is 87.1 Å². The molecule has 4 rings (SSSR count). The Balaban J connectivity index is 1.34. The number of nitrogens with one attached hydrogen (secondary N) is 1. The van der Waals surface area contributed by atoms with Crippen LogP contribution in [0.1, 0.15) is 112 Å². The van der Waals surface area contributed by atoms with Crippen molar-refractivity contribution in [1.82, 2.24) is 5.32 Å². The molecule has 8 atom stereocenters. The molecule has 0 aromatic carbocycles. The summed E-state index contributed by atoms with van der Waals surface area (Å²) in [6.07, 6.45) is 20.5. The molecule has 0 bridgehead atoms. The van der Waals surface area contributed by atoms with E-state index in [1.54, 1.807) is 0 Å². The van der Waals surface area contributed by atoms with E-state index in [-0.39, 0.29) is 0 Å². The van der Waals surface area contributed by atoms with Crippen LogP contribution in [-0.4, -0.2) is 17.5 Å². The highest BCUT2D eigenvalue weighted by Crippen LogP contribution is 2.67. The van der Waals surface area contributed by atoms with Crippen LogP contribution in [0.3, 0.4) is 0 Å². The van der Waals surface area contributed by atoms with Crippen molar-refractivity contribution in [2.75, 3.05) is 12.3 Å². The molecule has 4 aliphatic carbocycles. The zero-order valence-electron chi connectivity index (χ0n) is 24.3. The van der Waals surface area contributed by atoms with Crippen molar-refractivity contribution < 1.29 is 0 Å². The van der Waals surface area contributed by atoms with Crippen molar-refractivity contribution in [1.29, 1.82) is 0 Å². The Kier molecular flexibility index (Phi) is 9.84. The summed E-state index contributed by atoms with van der Waals surface area (Å²) < 4.78 is 0. The summed E-state index contributed by atoms with van der Waals surface area (Å²) in [4.78, 5) is 0. The van der Waals surface area contributed by atoms with E-state index in [1.165, 1.54) is 70.6 Å². The molecule has 4 aliphatic rings. The number of allylic oxidation sites excluding steroid dienone is 3. The summed E-state index contributed by atoms with van der Waals surface area (Å²) in [7, 11) is 4.18. The third kappa shape index (κ3) is 6.00. The lowest BCUT2D eigenvalue weighted by molar-refractivity contribution is -0.0497. The van der Waals surface area contributed by atoms with Gasteiger partial charge in [-0.2, -0.15) is 0 Å². The first-order valence-electron chi connectivity index (χ1n) is 15.3. The van der Waals surface area contributed by atoms with Crippen LogP contribution < -0.4 is 11.1 Å². The van der Waals surface area contributed by atoms with Crippen LogP contribution in [0.15, 0.2) is 23.5 Å². The molecule has 0 radical (unpaired) electrons. The van der Waals surface area contributed by atoms with Gasteiger partial charge in [0.25, 0.3) is 0 Å². The number of nitrogens with two attached hydrogens (primary N) is 1. The maximum atomic E-state index is 5.86. The fraction of sp³-hybridized carbons (Fsp3) is 0.875. The van der Waals surface area contributed by atoms with Crippen LogP contribution in [0.5, 0.6) is 0 Å². The quantitative estimate of drug-likeness (QED) is 0.158. The Hall–Kier alpha value is -0.220. The van der Waals surface area contributed by atoms with Crippen molar-refractivity contribution in [2.24, 2.45) is 52.1 Å². The second-order valence-corrected chi connectivity index (χ2v) is 16.5. The van der Waals surface area contributed by atoms with E-state index < -0.39 is 0 Å². The van der Waals surface area contributed by atoms with Crippen LogP contribution in [0, 0.1) is 46.3 Å². The molecular formula is C32H56N2S2. The highest BCUT2D eigenvalue weighted by Gasteiger charge is 2.59. The van der Waals surface area contributed by atoms with Crippen LogP contribution in [0.4, 0.5) is 0 Å². The van der Waals surface area contributed by atoms with E-state index >= 15 is 0 Å². The Morgan fingerprint density at radius 2 is 1.92 bits per heavy atom. The summed E-state index contributed by atoms with van der Waals surface area (Å²) in [5.41, 5.74) is 8.78. The van der Waals surface area contributed by atoms with Gasteiger partial charge in [0.15, 0.2) is 0 Å². The fourth-order valence-corrected chi connectivity index (χ4v) is 11.8. The zero-order chi connectivity index (χ0) is 25.9. The first-order valence-corrected chi connectivity index (χ1v) is 17.7. The SMILES string of the molecule is C/C=C(\N)NCCSSC1CCC2(C)C(=CCC3C2CCC2(C)C(C(C)CCCC(C)C)CCC32)C1. The molecule has 3 N–H and O–H groups in total. The number of hydrogen-bond donors (Lipinski definition) is 2. The van der Waals surface area contributed by atoms with E-state index in [4.69, 9.17) is 5.73 Å². The first kappa shape index (κ1) is 28.8. The average Bonchev–Trinajstić information content (AvgIpc) is 3.20. The normalized spacial score (nSPS) is 39.2. The molecule has 8 unspecified atom stereocenters. The van der Waals surface area contributed by atoms with Crippen molar-refractivity contribution >= 4 is 21.6 Å². The van der Waals surface area contributed by atoms with E-state index in [0.29, 0.717) is 10.8 Å². The second kappa shape index (κ2) is 12.3. The van der Waals surface area contributed by atoms with Gasteiger partial charge in [-0.05, 0) is 111 Å². The molecule has 206 valence electrons. The Labute approximate surface area is 231 Å². The molecule has 3 fully saturated rings. The van der Waals surface area contributed by atoms with Crippen molar-refractivity contribution in [3.63, 3.8) is 0 Å². The lowest BCUT2D eigenvalue weighted by Gasteiger charge is -2.58. The molecular weight excluding hydrogens is 477 g/mol. The van der Waals surface area contributed by atoms with E-state index in [0.717, 1.165) is 58.9 Å². The molecule has 0 spiro atoms. The van der Waals surface area contributed by atoms with Crippen LogP contribution >= 0.6 is 21.6 Å². The minimum atomic E-state index is 0.481. The van der Waals surface area contributed by atoms with Gasteiger partial charge in [0.05, 0.1) is 5.82 Å². The smallest absolute Gasteiger partial charge is 0.0916 e.